The van der Waals surface area contributed by atoms with Crippen LogP contribution >= 0.6 is 11.6 Å². The molecule has 0 aliphatic rings. The molecule has 0 unspecified atom stereocenters. The van der Waals surface area contributed by atoms with Gasteiger partial charge in [-0.05, 0) is 12.1 Å². The topological polar surface area (TPSA) is 45.8 Å². The molecule has 0 spiro atoms. The molecule has 1 aromatic heterocycles. The number of H-pyrrole nitrogens is 1. The van der Waals surface area contributed by atoms with Crippen LogP contribution in [-0.2, 0) is 0 Å². The van der Waals surface area contributed by atoms with E-state index < -0.39 is 0 Å². The second-order valence-corrected chi connectivity index (χ2v) is 3.25. The Morgan fingerprint density at radius 1 is 1.43 bits per heavy atom. The maximum Gasteiger partial charge on any atom is 0.167 e. The van der Waals surface area contributed by atoms with E-state index in [1.165, 1.54) is 6.20 Å². The van der Waals surface area contributed by atoms with Crippen molar-refractivity contribution in [3.05, 3.63) is 41.2 Å². The maximum absolute atomic E-state index is 10.4. The molecule has 0 amide bonds. The first-order valence-electron chi connectivity index (χ1n) is 4.06. The number of hydrogen-bond donors (Lipinski definition) is 1. The minimum absolute atomic E-state index is 0.458. The van der Waals surface area contributed by atoms with Crippen molar-refractivity contribution in [2.75, 3.05) is 0 Å². The average Bonchev–Trinajstić information content (AvgIpc) is 2.66. The Kier molecular flexibility index (Phi) is 2.33. The fourth-order valence-corrected chi connectivity index (χ4v) is 1.37. The first kappa shape index (κ1) is 8.97. The molecule has 2 aromatic rings. The van der Waals surface area contributed by atoms with E-state index in [0.29, 0.717) is 16.5 Å². The summed E-state index contributed by atoms with van der Waals surface area (Å²) in [5, 5.41) is 0.645. The third-order valence-electron chi connectivity index (χ3n) is 1.82. The Labute approximate surface area is 85.7 Å². The van der Waals surface area contributed by atoms with Gasteiger partial charge in [0.15, 0.2) is 6.29 Å². The molecule has 4 heteroatoms. The molecular formula is C10H7ClN2O. The number of imidazole rings is 1. The third kappa shape index (κ3) is 1.67. The summed E-state index contributed by atoms with van der Waals surface area (Å²) in [6, 6.07) is 7.28. The van der Waals surface area contributed by atoms with Crippen LogP contribution in [0.1, 0.15) is 10.5 Å². The minimum Gasteiger partial charge on any atom is -0.336 e. The highest BCUT2D eigenvalue weighted by Gasteiger charge is 2.02. The van der Waals surface area contributed by atoms with Crippen molar-refractivity contribution in [3.8, 4) is 11.4 Å². The molecule has 0 saturated heterocycles. The first-order chi connectivity index (χ1) is 6.79. The van der Waals surface area contributed by atoms with E-state index >= 15 is 0 Å². The van der Waals surface area contributed by atoms with Crippen LogP contribution in [-0.4, -0.2) is 16.3 Å². The Bertz CT molecular complexity index is 465. The third-order valence-corrected chi connectivity index (χ3v) is 2.06. The molecule has 2 rings (SSSR count). The number of aromatic amines is 1. The number of aldehydes is 1. The van der Waals surface area contributed by atoms with Crippen molar-refractivity contribution in [2.45, 2.75) is 0 Å². The summed E-state index contributed by atoms with van der Waals surface area (Å²) in [6.45, 7) is 0. The lowest BCUT2D eigenvalue weighted by atomic mass is 10.2. The van der Waals surface area contributed by atoms with Crippen LogP contribution in [0.4, 0.5) is 0 Å². The van der Waals surface area contributed by atoms with Gasteiger partial charge in [-0.1, -0.05) is 23.7 Å². The van der Waals surface area contributed by atoms with E-state index in [1.807, 2.05) is 12.1 Å². The first-order valence-corrected chi connectivity index (χ1v) is 4.43. The second-order valence-electron chi connectivity index (χ2n) is 2.82. The average molecular weight is 207 g/mol. The summed E-state index contributed by atoms with van der Waals surface area (Å²) in [5.74, 6) is 0.648. The van der Waals surface area contributed by atoms with Crippen LogP contribution < -0.4 is 0 Å². The molecule has 0 atom stereocenters. The summed E-state index contributed by atoms with van der Waals surface area (Å²) in [5.41, 5.74) is 1.32. The van der Waals surface area contributed by atoms with Gasteiger partial charge in [-0.25, -0.2) is 4.98 Å². The predicted molar refractivity (Wildman–Crippen MR) is 54.4 cm³/mol. The zero-order valence-electron chi connectivity index (χ0n) is 7.20. The number of nitrogens with zero attached hydrogens (tertiary/aromatic N) is 1. The molecule has 0 fully saturated rings. The number of benzene rings is 1. The standard InChI is InChI=1S/C10H7ClN2O/c11-8-3-1-2-7(4-8)10-12-5-9(6-14)13-10/h1-6H,(H,12,13). The highest BCUT2D eigenvalue weighted by atomic mass is 35.5. The van der Waals surface area contributed by atoms with Crippen LogP contribution in [0.15, 0.2) is 30.5 Å². The fourth-order valence-electron chi connectivity index (χ4n) is 1.18. The van der Waals surface area contributed by atoms with Crippen molar-refractivity contribution in [1.29, 1.82) is 0 Å². The Balaban J connectivity index is 2.43. The number of nitrogens with one attached hydrogen (secondary N) is 1. The fraction of sp³-hybridized carbons (Fsp3) is 0. The SMILES string of the molecule is O=Cc1cnc(-c2cccc(Cl)c2)[nH]1. The molecule has 0 saturated carbocycles. The number of hydrogen-bond acceptors (Lipinski definition) is 2. The van der Waals surface area contributed by atoms with Crippen LogP contribution in [0.5, 0.6) is 0 Å². The van der Waals surface area contributed by atoms with Gasteiger partial charge in [0, 0.05) is 10.6 Å². The summed E-state index contributed by atoms with van der Waals surface area (Å²) >= 11 is 5.82. The van der Waals surface area contributed by atoms with E-state index in [2.05, 4.69) is 9.97 Å². The summed E-state index contributed by atoms with van der Waals surface area (Å²) in [7, 11) is 0. The minimum atomic E-state index is 0.458. The molecule has 0 aliphatic heterocycles. The molecule has 1 aromatic carbocycles. The Hall–Kier alpha value is -1.61. The predicted octanol–water partition coefficient (Wildman–Crippen LogP) is 2.54. The lowest BCUT2D eigenvalue weighted by Crippen LogP contribution is -1.81. The summed E-state index contributed by atoms with van der Waals surface area (Å²) in [6.07, 6.45) is 2.21. The van der Waals surface area contributed by atoms with Gasteiger partial charge in [0.2, 0.25) is 0 Å². The number of carbonyl (C=O) groups excluding carboxylic acids is 1. The molecule has 0 bridgehead atoms. The molecule has 70 valence electrons. The monoisotopic (exact) mass is 206 g/mol. The molecule has 1 N–H and O–H groups in total. The molecule has 0 radical (unpaired) electrons. The number of carbonyl (C=O) groups is 1. The van der Waals surface area contributed by atoms with Gasteiger partial charge in [0.05, 0.1) is 11.9 Å². The van der Waals surface area contributed by atoms with Crippen molar-refractivity contribution in [3.63, 3.8) is 0 Å². The van der Waals surface area contributed by atoms with Crippen LogP contribution in [0.2, 0.25) is 5.02 Å². The van der Waals surface area contributed by atoms with E-state index in [4.69, 9.17) is 11.6 Å². The van der Waals surface area contributed by atoms with Crippen LogP contribution in [0.3, 0.4) is 0 Å². The zero-order chi connectivity index (χ0) is 9.97. The normalized spacial score (nSPS) is 10.1. The molecule has 3 nitrogen and oxygen atoms in total. The summed E-state index contributed by atoms with van der Waals surface area (Å²) in [4.78, 5) is 17.3. The Morgan fingerprint density at radius 2 is 2.29 bits per heavy atom. The molecule has 0 aliphatic carbocycles. The van der Waals surface area contributed by atoms with Gasteiger partial charge in [-0.15, -0.1) is 0 Å². The highest BCUT2D eigenvalue weighted by Crippen LogP contribution is 2.19. The smallest absolute Gasteiger partial charge is 0.167 e. The van der Waals surface area contributed by atoms with Gasteiger partial charge in [-0.2, -0.15) is 0 Å². The van der Waals surface area contributed by atoms with Crippen molar-refractivity contribution < 1.29 is 4.79 Å². The van der Waals surface area contributed by atoms with Gasteiger partial charge in [-0.3, -0.25) is 4.79 Å². The lowest BCUT2D eigenvalue weighted by Gasteiger charge is -1.96. The van der Waals surface area contributed by atoms with Gasteiger partial charge < -0.3 is 4.98 Å². The number of aromatic nitrogens is 2. The van der Waals surface area contributed by atoms with E-state index in [0.717, 1.165) is 11.8 Å². The zero-order valence-corrected chi connectivity index (χ0v) is 7.95. The quantitative estimate of drug-likeness (QED) is 0.768. The van der Waals surface area contributed by atoms with E-state index in [-0.39, 0.29) is 0 Å². The van der Waals surface area contributed by atoms with Crippen LogP contribution in [0, 0.1) is 0 Å². The van der Waals surface area contributed by atoms with E-state index in [9.17, 15) is 4.79 Å². The van der Waals surface area contributed by atoms with Gasteiger partial charge in [0.25, 0.3) is 0 Å². The number of rotatable bonds is 2. The maximum atomic E-state index is 10.4. The van der Waals surface area contributed by atoms with Gasteiger partial charge >= 0.3 is 0 Å². The summed E-state index contributed by atoms with van der Waals surface area (Å²) < 4.78 is 0. The van der Waals surface area contributed by atoms with Crippen molar-refractivity contribution in [2.24, 2.45) is 0 Å². The highest BCUT2D eigenvalue weighted by molar-refractivity contribution is 6.30. The van der Waals surface area contributed by atoms with Crippen molar-refractivity contribution >= 4 is 17.9 Å². The second kappa shape index (κ2) is 3.64. The van der Waals surface area contributed by atoms with Crippen molar-refractivity contribution in [1.82, 2.24) is 9.97 Å². The lowest BCUT2D eigenvalue weighted by molar-refractivity contribution is 0.111. The number of halogens is 1. The molecule has 1 heterocycles. The van der Waals surface area contributed by atoms with Crippen LogP contribution in [0.25, 0.3) is 11.4 Å². The van der Waals surface area contributed by atoms with Gasteiger partial charge in [0.1, 0.15) is 5.82 Å². The van der Waals surface area contributed by atoms with E-state index in [1.54, 1.807) is 12.1 Å². The largest absolute Gasteiger partial charge is 0.336 e. The Morgan fingerprint density at radius 3 is 2.93 bits per heavy atom. The molecule has 14 heavy (non-hydrogen) atoms. The molecular weight excluding hydrogens is 200 g/mol.